The Kier molecular flexibility index (Phi) is 4.39. The van der Waals surface area contributed by atoms with Gasteiger partial charge in [-0.25, -0.2) is 14.5 Å². The third-order valence-electron chi connectivity index (χ3n) is 5.16. The summed E-state index contributed by atoms with van der Waals surface area (Å²) in [7, 11) is 0. The zero-order chi connectivity index (χ0) is 21.7. The molecule has 0 saturated carbocycles. The van der Waals surface area contributed by atoms with Gasteiger partial charge in [-0.3, -0.25) is 9.89 Å². The molecule has 0 unspecified atom stereocenters. The van der Waals surface area contributed by atoms with E-state index in [2.05, 4.69) is 10.1 Å². The van der Waals surface area contributed by atoms with Gasteiger partial charge in [-0.1, -0.05) is 36.4 Å². The second kappa shape index (κ2) is 7.12. The molecule has 7 nitrogen and oxygen atoms in total. The first-order valence-corrected chi connectivity index (χ1v) is 10.2. The second-order valence-corrected chi connectivity index (χ2v) is 7.80. The van der Waals surface area contributed by atoms with Crippen LogP contribution in [0.5, 0.6) is 5.75 Å². The van der Waals surface area contributed by atoms with Gasteiger partial charge in [0.25, 0.3) is 5.56 Å². The summed E-state index contributed by atoms with van der Waals surface area (Å²) >= 11 is 0. The summed E-state index contributed by atoms with van der Waals surface area (Å²) < 4.78 is 13.3. The third-order valence-corrected chi connectivity index (χ3v) is 5.16. The lowest BCUT2D eigenvalue weighted by molar-refractivity contribution is 0.245. The summed E-state index contributed by atoms with van der Waals surface area (Å²) in [6.07, 6.45) is -0.00516. The number of fused-ring (bicyclic) bond motifs is 2. The normalized spacial score (nSPS) is 11.6. The monoisotopic (exact) mass is 414 g/mol. The molecule has 0 saturated heterocycles. The highest BCUT2D eigenvalue weighted by Gasteiger charge is 2.22. The molecule has 2 aromatic carbocycles. The van der Waals surface area contributed by atoms with Crippen LogP contribution in [0.2, 0.25) is 0 Å². The summed E-state index contributed by atoms with van der Waals surface area (Å²) in [5.41, 5.74) is 5.10. The van der Waals surface area contributed by atoms with E-state index in [1.165, 1.54) is 4.52 Å². The second-order valence-electron chi connectivity index (χ2n) is 7.80. The average Bonchev–Trinajstić information content (AvgIpc) is 3.30. The van der Waals surface area contributed by atoms with Crippen molar-refractivity contribution in [2.75, 3.05) is 0 Å². The quantitative estimate of drug-likeness (QED) is 0.452. The Morgan fingerprint density at radius 2 is 1.77 bits per heavy atom. The van der Waals surface area contributed by atoms with E-state index in [9.17, 15) is 4.79 Å². The van der Waals surface area contributed by atoms with Crippen LogP contribution in [0.25, 0.3) is 39.3 Å². The number of para-hydroxylation sites is 1. The first-order valence-electron chi connectivity index (χ1n) is 10.2. The Morgan fingerprint density at radius 3 is 2.52 bits per heavy atom. The van der Waals surface area contributed by atoms with Gasteiger partial charge in [0.15, 0.2) is 16.7 Å². The van der Waals surface area contributed by atoms with Gasteiger partial charge in [0.1, 0.15) is 11.3 Å². The van der Waals surface area contributed by atoms with E-state index in [0.29, 0.717) is 33.8 Å². The lowest BCUT2D eigenvalue weighted by Crippen LogP contribution is -2.19. The zero-order valence-corrected chi connectivity index (χ0v) is 17.8. The van der Waals surface area contributed by atoms with E-state index in [1.807, 2.05) is 69.3 Å². The predicted molar refractivity (Wildman–Crippen MR) is 119 cm³/mol. The molecule has 0 spiro atoms. The molecule has 0 aliphatic carbocycles. The van der Waals surface area contributed by atoms with Crippen molar-refractivity contribution >= 4 is 16.7 Å². The number of hydrogen-bond donors (Lipinski definition) is 1. The summed E-state index contributed by atoms with van der Waals surface area (Å²) in [5.74, 6) is 0.851. The van der Waals surface area contributed by atoms with Crippen LogP contribution in [-0.2, 0) is 0 Å². The molecule has 0 fully saturated rings. The molecule has 0 aliphatic heterocycles. The van der Waals surface area contributed by atoms with Crippen molar-refractivity contribution < 1.29 is 9.15 Å². The van der Waals surface area contributed by atoms with E-state index in [1.54, 1.807) is 6.92 Å². The lowest BCUT2D eigenvalue weighted by atomic mass is 10.1. The van der Waals surface area contributed by atoms with E-state index in [4.69, 9.17) is 14.1 Å². The van der Waals surface area contributed by atoms with E-state index in [0.717, 1.165) is 16.8 Å². The van der Waals surface area contributed by atoms with Gasteiger partial charge in [0, 0.05) is 11.3 Å². The molecule has 3 heterocycles. The van der Waals surface area contributed by atoms with Crippen LogP contribution < -0.4 is 10.3 Å². The summed E-state index contributed by atoms with van der Waals surface area (Å²) in [6.45, 7) is 7.63. The standard InChI is InChI=1S/C24H22N4O3/c1-13(2)30-17-11-8-12-18-21(17)26-23(31-18)20-14(3)25-22-19(16-9-6-5-7-10-16)15(4)27-28(22)24(20)29/h5-13,27H,1-4H3. The summed E-state index contributed by atoms with van der Waals surface area (Å²) in [4.78, 5) is 22.8. The molecule has 0 amide bonds. The Bertz CT molecular complexity index is 1480. The van der Waals surface area contributed by atoms with Crippen molar-refractivity contribution in [3.8, 4) is 28.3 Å². The molecular formula is C24H22N4O3. The van der Waals surface area contributed by atoms with Crippen molar-refractivity contribution in [2.45, 2.75) is 33.8 Å². The number of hydrogen-bond acceptors (Lipinski definition) is 5. The summed E-state index contributed by atoms with van der Waals surface area (Å²) in [5, 5.41) is 3.15. The SMILES string of the molecule is Cc1nc2c(-c3ccccc3)c(C)[nH]n2c(=O)c1-c1nc2c(OC(C)C)cccc2o1. The minimum absolute atomic E-state index is 0.00516. The molecular weight excluding hydrogens is 392 g/mol. The van der Waals surface area contributed by atoms with Gasteiger partial charge < -0.3 is 9.15 Å². The number of oxazole rings is 1. The Balaban J connectivity index is 1.73. The molecule has 7 heteroatoms. The maximum absolute atomic E-state index is 13.4. The fourth-order valence-corrected chi connectivity index (χ4v) is 3.87. The molecule has 3 aromatic heterocycles. The Hall–Kier alpha value is -3.87. The first-order chi connectivity index (χ1) is 14.9. The Morgan fingerprint density at radius 1 is 1.00 bits per heavy atom. The zero-order valence-electron chi connectivity index (χ0n) is 17.8. The lowest BCUT2D eigenvalue weighted by Gasteiger charge is -2.08. The Labute approximate surface area is 178 Å². The summed E-state index contributed by atoms with van der Waals surface area (Å²) in [6, 6.07) is 15.4. The van der Waals surface area contributed by atoms with E-state index in [-0.39, 0.29) is 17.6 Å². The van der Waals surface area contributed by atoms with Crippen molar-refractivity contribution in [1.82, 2.24) is 19.6 Å². The molecule has 5 rings (SSSR count). The van der Waals surface area contributed by atoms with Gasteiger partial charge in [-0.15, -0.1) is 0 Å². The van der Waals surface area contributed by atoms with Crippen LogP contribution >= 0.6 is 0 Å². The maximum Gasteiger partial charge on any atom is 0.285 e. The fourth-order valence-electron chi connectivity index (χ4n) is 3.87. The van der Waals surface area contributed by atoms with Crippen LogP contribution in [0, 0.1) is 13.8 Å². The molecule has 0 radical (unpaired) electrons. The van der Waals surface area contributed by atoms with E-state index < -0.39 is 0 Å². The van der Waals surface area contributed by atoms with Gasteiger partial charge in [-0.05, 0) is 45.4 Å². The third kappa shape index (κ3) is 3.09. The molecule has 31 heavy (non-hydrogen) atoms. The highest BCUT2D eigenvalue weighted by molar-refractivity contribution is 5.83. The molecule has 1 N–H and O–H groups in total. The first kappa shape index (κ1) is 19.1. The maximum atomic E-state index is 13.4. The van der Waals surface area contributed by atoms with Crippen LogP contribution in [0.4, 0.5) is 0 Å². The number of rotatable bonds is 4. The number of aromatic nitrogens is 4. The number of nitrogens with zero attached hydrogens (tertiary/aromatic N) is 3. The van der Waals surface area contributed by atoms with Gasteiger partial charge in [0.2, 0.25) is 5.89 Å². The molecule has 156 valence electrons. The van der Waals surface area contributed by atoms with Crippen LogP contribution in [0.15, 0.2) is 57.7 Å². The van der Waals surface area contributed by atoms with Gasteiger partial charge in [-0.2, -0.15) is 0 Å². The number of nitrogens with one attached hydrogen (secondary N) is 1. The largest absolute Gasteiger partial charge is 0.489 e. The van der Waals surface area contributed by atoms with Crippen molar-refractivity contribution in [3.63, 3.8) is 0 Å². The van der Waals surface area contributed by atoms with E-state index >= 15 is 0 Å². The minimum atomic E-state index is -0.259. The topological polar surface area (TPSA) is 85.4 Å². The molecule has 5 aromatic rings. The molecule has 0 aliphatic rings. The average molecular weight is 414 g/mol. The van der Waals surface area contributed by atoms with Gasteiger partial charge >= 0.3 is 0 Å². The van der Waals surface area contributed by atoms with Crippen molar-refractivity contribution in [3.05, 3.63) is 70.3 Å². The number of ether oxygens (including phenoxy) is 1. The number of H-pyrrole nitrogens is 1. The minimum Gasteiger partial charge on any atom is -0.489 e. The van der Waals surface area contributed by atoms with Crippen molar-refractivity contribution in [1.29, 1.82) is 0 Å². The number of aromatic amines is 1. The molecule has 0 atom stereocenters. The van der Waals surface area contributed by atoms with Gasteiger partial charge in [0.05, 0.1) is 11.8 Å². The smallest absolute Gasteiger partial charge is 0.285 e. The highest BCUT2D eigenvalue weighted by atomic mass is 16.5. The van der Waals surface area contributed by atoms with Crippen LogP contribution in [-0.4, -0.2) is 25.7 Å². The van der Waals surface area contributed by atoms with Crippen molar-refractivity contribution in [2.24, 2.45) is 0 Å². The fraction of sp³-hybridized carbons (Fsp3) is 0.208. The van der Waals surface area contributed by atoms with Crippen LogP contribution in [0.1, 0.15) is 25.2 Å². The molecule has 0 bridgehead atoms. The highest BCUT2D eigenvalue weighted by Crippen LogP contribution is 2.32. The van der Waals surface area contributed by atoms with Crippen LogP contribution in [0.3, 0.4) is 0 Å². The number of aryl methyl sites for hydroxylation is 2. The predicted octanol–water partition coefficient (Wildman–Crippen LogP) is 4.90. The number of benzene rings is 2.